The molecule has 2 rings (SSSR count). The fraction of sp³-hybridized carbons (Fsp3) is 0.455. The lowest BCUT2D eigenvalue weighted by atomic mass is 10.1. The van der Waals surface area contributed by atoms with Gasteiger partial charge in [-0.1, -0.05) is 25.5 Å². The van der Waals surface area contributed by atoms with Crippen molar-refractivity contribution in [1.29, 1.82) is 0 Å². The molecule has 1 aromatic rings. The zero-order valence-electron chi connectivity index (χ0n) is 7.33. The second kappa shape index (κ2) is 2.81. The number of benzene rings is 1. The van der Waals surface area contributed by atoms with Crippen molar-refractivity contribution < 1.29 is 5.11 Å². The van der Waals surface area contributed by atoms with E-state index in [-0.39, 0.29) is 0 Å². The monoisotopic (exact) mass is 162 g/mol. The van der Waals surface area contributed by atoms with Crippen LogP contribution in [0.25, 0.3) is 0 Å². The molecule has 0 radical (unpaired) electrons. The molecular formula is C11H14O. The molecule has 0 aliphatic heterocycles. The normalized spacial score (nSPS) is 27.1. The van der Waals surface area contributed by atoms with E-state index in [9.17, 15) is 5.11 Å². The lowest BCUT2D eigenvalue weighted by molar-refractivity contribution is 0.474. The van der Waals surface area contributed by atoms with Gasteiger partial charge in [-0.25, -0.2) is 0 Å². The summed E-state index contributed by atoms with van der Waals surface area (Å²) < 4.78 is 0. The minimum Gasteiger partial charge on any atom is -0.508 e. The molecule has 12 heavy (non-hydrogen) atoms. The maximum absolute atomic E-state index is 9.25. The van der Waals surface area contributed by atoms with Crippen LogP contribution in [0.15, 0.2) is 24.3 Å². The minimum atomic E-state index is 0.397. The number of aromatic hydroxyl groups is 1. The van der Waals surface area contributed by atoms with E-state index >= 15 is 0 Å². The Morgan fingerprint density at radius 2 is 2.33 bits per heavy atom. The maximum Gasteiger partial charge on any atom is 0.115 e. The summed E-state index contributed by atoms with van der Waals surface area (Å²) in [6, 6.07) is 7.66. The van der Waals surface area contributed by atoms with Crippen molar-refractivity contribution in [2.75, 3.05) is 0 Å². The van der Waals surface area contributed by atoms with E-state index in [2.05, 4.69) is 13.0 Å². The highest BCUT2D eigenvalue weighted by molar-refractivity contribution is 5.32. The second-order valence-corrected chi connectivity index (χ2v) is 3.61. The lowest BCUT2D eigenvalue weighted by Crippen LogP contribution is -1.81. The summed E-state index contributed by atoms with van der Waals surface area (Å²) in [5, 5.41) is 9.25. The van der Waals surface area contributed by atoms with Crippen molar-refractivity contribution >= 4 is 0 Å². The Balaban J connectivity index is 2.14. The highest BCUT2D eigenvalue weighted by Gasteiger charge is 2.36. The first-order chi connectivity index (χ1) is 5.81. The molecular weight excluding hydrogens is 148 g/mol. The predicted molar refractivity (Wildman–Crippen MR) is 49.2 cm³/mol. The Morgan fingerprint density at radius 3 is 2.92 bits per heavy atom. The van der Waals surface area contributed by atoms with E-state index in [0.717, 1.165) is 11.8 Å². The molecule has 0 heterocycles. The van der Waals surface area contributed by atoms with E-state index < -0.39 is 0 Å². The molecule has 0 saturated heterocycles. The van der Waals surface area contributed by atoms with Gasteiger partial charge in [-0.05, 0) is 36.0 Å². The Kier molecular flexibility index (Phi) is 1.80. The minimum absolute atomic E-state index is 0.397. The van der Waals surface area contributed by atoms with Gasteiger partial charge in [-0.3, -0.25) is 0 Å². The highest BCUT2D eigenvalue weighted by atomic mass is 16.3. The van der Waals surface area contributed by atoms with Crippen molar-refractivity contribution in [3.8, 4) is 5.75 Å². The third-order valence-corrected chi connectivity index (χ3v) is 2.75. The van der Waals surface area contributed by atoms with Crippen molar-refractivity contribution in [1.82, 2.24) is 0 Å². The van der Waals surface area contributed by atoms with Gasteiger partial charge in [-0.2, -0.15) is 0 Å². The summed E-state index contributed by atoms with van der Waals surface area (Å²) in [6.07, 6.45) is 2.57. The topological polar surface area (TPSA) is 20.2 Å². The Labute approximate surface area is 73.0 Å². The van der Waals surface area contributed by atoms with Gasteiger partial charge in [0.2, 0.25) is 0 Å². The second-order valence-electron chi connectivity index (χ2n) is 3.61. The van der Waals surface area contributed by atoms with Crippen LogP contribution in [0.4, 0.5) is 0 Å². The highest BCUT2D eigenvalue weighted by Crippen LogP contribution is 2.49. The van der Waals surface area contributed by atoms with Gasteiger partial charge in [-0.15, -0.1) is 0 Å². The Bertz CT molecular complexity index is 280. The first-order valence-corrected chi connectivity index (χ1v) is 4.60. The zero-order valence-corrected chi connectivity index (χ0v) is 7.33. The molecule has 0 spiro atoms. The molecule has 1 aliphatic carbocycles. The van der Waals surface area contributed by atoms with Crippen molar-refractivity contribution in [2.45, 2.75) is 25.7 Å². The molecule has 1 N–H and O–H groups in total. The molecule has 2 atom stereocenters. The molecule has 1 fully saturated rings. The van der Waals surface area contributed by atoms with E-state index in [4.69, 9.17) is 0 Å². The van der Waals surface area contributed by atoms with Gasteiger partial charge in [0.1, 0.15) is 5.75 Å². The van der Waals surface area contributed by atoms with Crippen molar-refractivity contribution in [3.63, 3.8) is 0 Å². The Morgan fingerprint density at radius 1 is 1.50 bits per heavy atom. The van der Waals surface area contributed by atoms with Gasteiger partial charge >= 0.3 is 0 Å². The number of phenolic OH excluding ortho intramolecular Hbond substituents is 1. The van der Waals surface area contributed by atoms with Crippen LogP contribution in [0.2, 0.25) is 0 Å². The summed E-state index contributed by atoms with van der Waals surface area (Å²) in [5.41, 5.74) is 1.31. The van der Waals surface area contributed by atoms with E-state index in [1.165, 1.54) is 18.4 Å². The van der Waals surface area contributed by atoms with Crippen LogP contribution in [-0.2, 0) is 0 Å². The van der Waals surface area contributed by atoms with Crippen LogP contribution < -0.4 is 0 Å². The van der Waals surface area contributed by atoms with E-state index in [1.807, 2.05) is 12.1 Å². The van der Waals surface area contributed by atoms with Crippen LogP contribution in [0, 0.1) is 5.92 Å². The largest absolute Gasteiger partial charge is 0.508 e. The van der Waals surface area contributed by atoms with Crippen molar-refractivity contribution in [2.24, 2.45) is 5.92 Å². The SMILES string of the molecule is CCC1CC1c1cccc(O)c1. The molecule has 1 heteroatoms. The van der Waals surface area contributed by atoms with Crippen LogP contribution in [0.1, 0.15) is 31.2 Å². The fourth-order valence-electron chi connectivity index (χ4n) is 1.86. The number of phenols is 1. The average molecular weight is 162 g/mol. The molecule has 64 valence electrons. The fourth-order valence-corrected chi connectivity index (χ4v) is 1.86. The molecule has 1 saturated carbocycles. The first-order valence-electron chi connectivity index (χ1n) is 4.60. The number of hydrogen-bond donors (Lipinski definition) is 1. The molecule has 2 unspecified atom stereocenters. The summed E-state index contributed by atoms with van der Waals surface area (Å²) >= 11 is 0. The third-order valence-electron chi connectivity index (χ3n) is 2.75. The van der Waals surface area contributed by atoms with Gasteiger partial charge in [0, 0.05) is 0 Å². The van der Waals surface area contributed by atoms with Gasteiger partial charge < -0.3 is 5.11 Å². The molecule has 0 aromatic heterocycles. The van der Waals surface area contributed by atoms with Crippen LogP contribution in [-0.4, -0.2) is 5.11 Å². The zero-order chi connectivity index (χ0) is 8.55. The quantitative estimate of drug-likeness (QED) is 0.709. The molecule has 1 aromatic carbocycles. The predicted octanol–water partition coefficient (Wildman–Crippen LogP) is 2.91. The lowest BCUT2D eigenvalue weighted by Gasteiger charge is -1.99. The maximum atomic E-state index is 9.25. The summed E-state index contributed by atoms with van der Waals surface area (Å²) in [6.45, 7) is 2.23. The van der Waals surface area contributed by atoms with Gasteiger partial charge in [0.15, 0.2) is 0 Å². The third kappa shape index (κ3) is 1.31. The summed E-state index contributed by atoms with van der Waals surface area (Å²) in [7, 11) is 0. The van der Waals surface area contributed by atoms with Gasteiger partial charge in [0.25, 0.3) is 0 Å². The molecule has 0 amide bonds. The van der Waals surface area contributed by atoms with E-state index in [1.54, 1.807) is 6.07 Å². The standard InChI is InChI=1S/C11H14O/c1-2-8-7-11(8)9-4-3-5-10(12)6-9/h3-6,8,11-12H,2,7H2,1H3. The van der Waals surface area contributed by atoms with Crippen molar-refractivity contribution in [3.05, 3.63) is 29.8 Å². The molecule has 1 nitrogen and oxygen atoms in total. The number of hydrogen-bond acceptors (Lipinski definition) is 1. The van der Waals surface area contributed by atoms with Crippen LogP contribution >= 0.6 is 0 Å². The first kappa shape index (κ1) is 7.66. The van der Waals surface area contributed by atoms with Crippen LogP contribution in [0.3, 0.4) is 0 Å². The molecule has 0 bridgehead atoms. The smallest absolute Gasteiger partial charge is 0.115 e. The molecule has 1 aliphatic rings. The van der Waals surface area contributed by atoms with Crippen LogP contribution in [0.5, 0.6) is 5.75 Å². The van der Waals surface area contributed by atoms with E-state index in [0.29, 0.717) is 5.75 Å². The summed E-state index contributed by atoms with van der Waals surface area (Å²) in [5.74, 6) is 1.99. The number of rotatable bonds is 2. The summed E-state index contributed by atoms with van der Waals surface area (Å²) in [4.78, 5) is 0. The van der Waals surface area contributed by atoms with Gasteiger partial charge in [0.05, 0.1) is 0 Å². The Hall–Kier alpha value is -0.980. The average Bonchev–Trinajstić information content (AvgIpc) is 2.83.